The Hall–Kier alpha value is -3.38. The Labute approximate surface area is 192 Å². The van der Waals surface area contributed by atoms with Crippen molar-refractivity contribution in [3.8, 4) is 0 Å². The van der Waals surface area contributed by atoms with Gasteiger partial charge in [-0.1, -0.05) is 41.9 Å². The molecule has 1 aromatic heterocycles. The molecule has 6 nitrogen and oxygen atoms in total. The van der Waals surface area contributed by atoms with Gasteiger partial charge in [-0.15, -0.1) is 0 Å². The third-order valence-corrected chi connectivity index (χ3v) is 5.94. The van der Waals surface area contributed by atoms with Crippen molar-refractivity contribution in [3.63, 3.8) is 0 Å². The van der Waals surface area contributed by atoms with Crippen LogP contribution in [-0.4, -0.2) is 47.9 Å². The van der Waals surface area contributed by atoms with E-state index >= 15 is 0 Å². The van der Waals surface area contributed by atoms with Crippen molar-refractivity contribution >= 4 is 34.9 Å². The van der Waals surface area contributed by atoms with Gasteiger partial charge in [0.05, 0.1) is 22.5 Å². The lowest BCUT2D eigenvalue weighted by Gasteiger charge is -2.23. The first-order valence-electron chi connectivity index (χ1n) is 10.6. The molecule has 32 heavy (non-hydrogen) atoms. The molecular weight excluding hydrogens is 424 g/mol. The molecule has 0 bridgehead atoms. The van der Waals surface area contributed by atoms with E-state index in [9.17, 15) is 9.59 Å². The number of benzene rings is 2. The van der Waals surface area contributed by atoms with Crippen molar-refractivity contribution in [3.05, 3.63) is 88.6 Å². The lowest BCUT2D eigenvalue weighted by Crippen LogP contribution is -2.35. The molecule has 7 heteroatoms. The van der Waals surface area contributed by atoms with Crippen molar-refractivity contribution in [1.82, 2.24) is 9.88 Å². The zero-order valence-corrected chi connectivity index (χ0v) is 18.7. The zero-order valence-electron chi connectivity index (χ0n) is 17.9. The van der Waals surface area contributed by atoms with Crippen LogP contribution in [0.3, 0.4) is 0 Å². The number of rotatable bonds is 4. The summed E-state index contributed by atoms with van der Waals surface area (Å²) in [5, 5.41) is 3.24. The maximum atomic E-state index is 12.9. The molecule has 1 aliphatic rings. The van der Waals surface area contributed by atoms with Crippen LogP contribution in [0.15, 0.2) is 66.9 Å². The van der Waals surface area contributed by atoms with Gasteiger partial charge in [0.15, 0.2) is 0 Å². The summed E-state index contributed by atoms with van der Waals surface area (Å²) in [5.74, 6) is 0.631. The van der Waals surface area contributed by atoms with E-state index in [0.717, 1.165) is 36.5 Å². The molecule has 2 aromatic carbocycles. The normalized spacial score (nSPS) is 14.1. The van der Waals surface area contributed by atoms with Gasteiger partial charge >= 0.3 is 0 Å². The highest BCUT2D eigenvalue weighted by Crippen LogP contribution is 2.20. The molecular formula is C25H25ClN4O2. The monoisotopic (exact) mass is 448 g/mol. The molecule has 164 valence electrons. The number of halogens is 1. The molecule has 0 atom stereocenters. The van der Waals surface area contributed by atoms with Gasteiger partial charge in [-0.05, 0) is 49.2 Å². The van der Waals surface area contributed by atoms with E-state index in [1.807, 2.05) is 48.2 Å². The van der Waals surface area contributed by atoms with Gasteiger partial charge in [0, 0.05) is 31.7 Å². The number of hydrogen-bond donors (Lipinski definition) is 1. The third-order valence-electron chi connectivity index (χ3n) is 5.61. The number of carbonyl (C=O) groups excluding carboxylic acids is 2. The number of pyridine rings is 1. The average molecular weight is 449 g/mol. The van der Waals surface area contributed by atoms with E-state index in [0.29, 0.717) is 29.4 Å². The molecule has 4 rings (SSSR count). The SMILES string of the molecule is Cc1ccccc1C(=O)N1CCCN(c2ccc(NC(=O)c3ccccc3Cl)cn2)CC1. The summed E-state index contributed by atoms with van der Waals surface area (Å²) in [6, 6.07) is 18.3. The summed E-state index contributed by atoms with van der Waals surface area (Å²) < 4.78 is 0. The summed E-state index contributed by atoms with van der Waals surface area (Å²) in [5.41, 5.74) is 2.78. The van der Waals surface area contributed by atoms with Crippen LogP contribution in [0.2, 0.25) is 5.02 Å². The van der Waals surface area contributed by atoms with E-state index < -0.39 is 0 Å². The predicted octanol–water partition coefficient (Wildman–Crippen LogP) is 4.65. The fourth-order valence-electron chi connectivity index (χ4n) is 3.82. The number of carbonyl (C=O) groups is 2. The summed E-state index contributed by atoms with van der Waals surface area (Å²) >= 11 is 6.10. The molecule has 2 amide bonds. The Balaban J connectivity index is 1.38. The van der Waals surface area contributed by atoms with Crippen molar-refractivity contribution in [2.24, 2.45) is 0 Å². The summed E-state index contributed by atoms with van der Waals surface area (Å²) in [6.07, 6.45) is 2.51. The van der Waals surface area contributed by atoms with Crippen LogP contribution in [0, 0.1) is 6.92 Å². The van der Waals surface area contributed by atoms with Crippen LogP contribution in [-0.2, 0) is 0 Å². The van der Waals surface area contributed by atoms with E-state index in [2.05, 4.69) is 15.2 Å². The number of aryl methyl sites for hydroxylation is 1. The van der Waals surface area contributed by atoms with E-state index in [1.165, 1.54) is 0 Å². The first-order chi connectivity index (χ1) is 15.5. The smallest absolute Gasteiger partial charge is 0.257 e. The largest absolute Gasteiger partial charge is 0.355 e. The van der Waals surface area contributed by atoms with Gasteiger partial charge in [-0.2, -0.15) is 0 Å². The highest BCUT2D eigenvalue weighted by Gasteiger charge is 2.22. The zero-order chi connectivity index (χ0) is 22.5. The maximum Gasteiger partial charge on any atom is 0.257 e. The van der Waals surface area contributed by atoms with Crippen molar-refractivity contribution < 1.29 is 9.59 Å². The van der Waals surface area contributed by atoms with Crippen LogP contribution >= 0.6 is 11.6 Å². The third kappa shape index (κ3) is 4.92. The molecule has 1 aliphatic heterocycles. The molecule has 3 aromatic rings. The summed E-state index contributed by atoms with van der Waals surface area (Å²) in [6.45, 7) is 4.84. The number of nitrogens with one attached hydrogen (secondary N) is 1. The fraction of sp³-hybridized carbons (Fsp3) is 0.240. The van der Waals surface area contributed by atoms with Crippen LogP contribution in [0.5, 0.6) is 0 Å². The molecule has 1 saturated heterocycles. The highest BCUT2D eigenvalue weighted by molar-refractivity contribution is 6.34. The van der Waals surface area contributed by atoms with Gasteiger partial charge < -0.3 is 15.1 Å². The number of hydrogen-bond acceptors (Lipinski definition) is 4. The Morgan fingerprint density at radius 3 is 2.38 bits per heavy atom. The van der Waals surface area contributed by atoms with Gasteiger partial charge in [0.1, 0.15) is 5.82 Å². The first-order valence-corrected chi connectivity index (χ1v) is 11.0. The number of amides is 2. The van der Waals surface area contributed by atoms with Gasteiger partial charge in [0.2, 0.25) is 0 Å². The van der Waals surface area contributed by atoms with Gasteiger partial charge in [-0.25, -0.2) is 4.98 Å². The molecule has 0 aliphatic carbocycles. The van der Waals surface area contributed by atoms with Crippen LogP contribution in [0.25, 0.3) is 0 Å². The first kappa shape index (κ1) is 21.8. The molecule has 0 radical (unpaired) electrons. The van der Waals surface area contributed by atoms with Gasteiger partial charge in [0.25, 0.3) is 11.8 Å². The minimum atomic E-state index is -0.273. The summed E-state index contributed by atoms with van der Waals surface area (Å²) in [7, 11) is 0. The van der Waals surface area contributed by atoms with E-state index in [-0.39, 0.29) is 11.8 Å². The number of nitrogens with zero attached hydrogens (tertiary/aromatic N) is 3. The Morgan fingerprint density at radius 1 is 0.906 bits per heavy atom. The molecule has 0 unspecified atom stereocenters. The maximum absolute atomic E-state index is 12.9. The van der Waals surface area contributed by atoms with E-state index in [4.69, 9.17) is 11.6 Å². The van der Waals surface area contributed by atoms with Crippen molar-refractivity contribution in [2.45, 2.75) is 13.3 Å². The van der Waals surface area contributed by atoms with Gasteiger partial charge in [-0.3, -0.25) is 9.59 Å². The second kappa shape index (κ2) is 9.83. The molecule has 2 heterocycles. The molecule has 0 saturated carbocycles. The Kier molecular flexibility index (Phi) is 6.71. The lowest BCUT2D eigenvalue weighted by molar-refractivity contribution is 0.0766. The van der Waals surface area contributed by atoms with Crippen LogP contribution in [0.4, 0.5) is 11.5 Å². The molecule has 0 spiro atoms. The minimum Gasteiger partial charge on any atom is -0.355 e. The number of aromatic nitrogens is 1. The second-order valence-electron chi connectivity index (χ2n) is 7.79. The van der Waals surface area contributed by atoms with E-state index in [1.54, 1.807) is 30.5 Å². The van der Waals surface area contributed by atoms with Crippen LogP contribution < -0.4 is 10.2 Å². The lowest BCUT2D eigenvalue weighted by atomic mass is 10.1. The fourth-order valence-corrected chi connectivity index (χ4v) is 4.05. The van der Waals surface area contributed by atoms with Crippen molar-refractivity contribution in [1.29, 1.82) is 0 Å². The quantitative estimate of drug-likeness (QED) is 0.631. The number of anilines is 2. The summed E-state index contributed by atoms with van der Waals surface area (Å²) in [4.78, 5) is 34.0. The molecule has 1 N–H and O–H groups in total. The van der Waals surface area contributed by atoms with Crippen molar-refractivity contribution in [2.75, 3.05) is 36.4 Å². The highest BCUT2D eigenvalue weighted by atomic mass is 35.5. The van der Waals surface area contributed by atoms with Crippen LogP contribution in [0.1, 0.15) is 32.7 Å². The Morgan fingerprint density at radius 2 is 1.66 bits per heavy atom. The average Bonchev–Trinajstić information content (AvgIpc) is 3.06. The standard InChI is InChI=1S/C25H25ClN4O2/c1-18-7-2-3-8-20(18)25(32)30-14-6-13-29(15-16-30)23-12-11-19(17-27-23)28-24(31)21-9-4-5-10-22(21)26/h2-5,7-12,17H,6,13-16H2,1H3,(H,28,31). The Bertz CT molecular complexity index is 1120. The minimum absolute atomic E-state index is 0.0792. The predicted molar refractivity (Wildman–Crippen MR) is 128 cm³/mol. The second-order valence-corrected chi connectivity index (χ2v) is 8.19. The molecule has 1 fully saturated rings. The topological polar surface area (TPSA) is 65.5 Å².